The number of ether oxygens (including phenoxy) is 4. The Morgan fingerprint density at radius 1 is 1.16 bits per heavy atom. The number of amides is 1. The molecule has 1 aromatic heterocycles. The monoisotopic (exact) mass is 431 g/mol. The van der Waals surface area contributed by atoms with E-state index in [9.17, 15) is 9.90 Å². The summed E-state index contributed by atoms with van der Waals surface area (Å²) in [5, 5.41) is 13.8. The molecule has 168 valence electrons. The molecule has 0 spiro atoms. The standard InChI is InChI=1S/C23H29NO7/c1-13(25)24-18-19(26)20-17(12-28-21(31-20)16-6-5-11-27-16)30-22(18)29-15-9-7-14(8-10-15)23(2,3)4/h5-11,17-22,26H,12H2,1-4H3,(H,24,25)/t17-,18+,19+,20-,21+,22-/m1/s1. The van der Waals surface area contributed by atoms with Gasteiger partial charge in [-0.25, -0.2) is 0 Å². The predicted octanol–water partition coefficient (Wildman–Crippen LogP) is 2.66. The number of nitrogens with one attached hydrogen (secondary N) is 1. The van der Waals surface area contributed by atoms with Crippen LogP contribution in [0.2, 0.25) is 0 Å². The zero-order valence-corrected chi connectivity index (χ0v) is 18.1. The fourth-order valence-electron chi connectivity index (χ4n) is 3.82. The fourth-order valence-corrected chi connectivity index (χ4v) is 3.82. The number of benzene rings is 1. The fraction of sp³-hybridized carbons (Fsp3) is 0.522. The van der Waals surface area contributed by atoms with Gasteiger partial charge in [0, 0.05) is 6.92 Å². The Kier molecular flexibility index (Phi) is 6.07. The van der Waals surface area contributed by atoms with Gasteiger partial charge in [-0.15, -0.1) is 0 Å². The van der Waals surface area contributed by atoms with E-state index in [1.165, 1.54) is 18.8 Å². The van der Waals surface area contributed by atoms with Gasteiger partial charge in [-0.2, -0.15) is 0 Å². The molecule has 0 saturated carbocycles. The number of aliphatic hydroxyl groups is 1. The maximum Gasteiger partial charge on any atom is 0.223 e. The SMILES string of the molecule is CC(=O)N[C@@H]1[C@H](Oc2ccc(C(C)(C)C)cc2)O[C@@H]2CO[C@H](c3ccco3)O[C@H]2[C@H]1O. The highest BCUT2D eigenvalue weighted by molar-refractivity contribution is 5.73. The van der Waals surface area contributed by atoms with E-state index in [1.807, 2.05) is 24.3 Å². The van der Waals surface area contributed by atoms with Gasteiger partial charge in [-0.3, -0.25) is 4.79 Å². The molecule has 0 bridgehead atoms. The maximum absolute atomic E-state index is 11.8. The third-order valence-electron chi connectivity index (χ3n) is 5.48. The van der Waals surface area contributed by atoms with Crippen LogP contribution in [0.15, 0.2) is 47.1 Å². The lowest BCUT2D eigenvalue weighted by Crippen LogP contribution is -2.67. The van der Waals surface area contributed by atoms with Gasteiger partial charge in [-0.05, 0) is 35.2 Å². The van der Waals surface area contributed by atoms with Crippen LogP contribution in [-0.4, -0.2) is 48.3 Å². The summed E-state index contributed by atoms with van der Waals surface area (Å²) < 4.78 is 29.1. The second-order valence-corrected chi connectivity index (χ2v) is 8.93. The second-order valence-electron chi connectivity index (χ2n) is 8.93. The van der Waals surface area contributed by atoms with Gasteiger partial charge in [0.25, 0.3) is 0 Å². The van der Waals surface area contributed by atoms with Crippen molar-refractivity contribution in [3.8, 4) is 5.75 Å². The molecule has 4 rings (SSSR count). The lowest BCUT2D eigenvalue weighted by atomic mass is 9.87. The van der Waals surface area contributed by atoms with Crippen LogP contribution in [-0.2, 0) is 24.4 Å². The summed E-state index contributed by atoms with van der Waals surface area (Å²) in [5.41, 5.74) is 1.18. The van der Waals surface area contributed by atoms with E-state index < -0.39 is 36.9 Å². The Morgan fingerprint density at radius 3 is 2.52 bits per heavy atom. The summed E-state index contributed by atoms with van der Waals surface area (Å²) >= 11 is 0. The lowest BCUT2D eigenvalue weighted by molar-refractivity contribution is -0.336. The van der Waals surface area contributed by atoms with Crippen LogP contribution in [0, 0.1) is 0 Å². The summed E-state index contributed by atoms with van der Waals surface area (Å²) in [7, 11) is 0. The predicted molar refractivity (Wildman–Crippen MR) is 110 cm³/mol. The number of carbonyl (C=O) groups is 1. The number of hydrogen-bond donors (Lipinski definition) is 2. The zero-order chi connectivity index (χ0) is 22.2. The van der Waals surface area contributed by atoms with Crippen LogP contribution in [0.5, 0.6) is 5.75 Å². The van der Waals surface area contributed by atoms with Crippen molar-refractivity contribution in [1.29, 1.82) is 0 Å². The summed E-state index contributed by atoms with van der Waals surface area (Å²) in [5.74, 6) is 0.765. The molecule has 1 amide bonds. The molecule has 31 heavy (non-hydrogen) atoms. The van der Waals surface area contributed by atoms with Crippen molar-refractivity contribution in [2.24, 2.45) is 0 Å². The second kappa shape index (κ2) is 8.63. The van der Waals surface area contributed by atoms with Gasteiger partial charge >= 0.3 is 0 Å². The number of carbonyl (C=O) groups excluding carboxylic acids is 1. The van der Waals surface area contributed by atoms with Gasteiger partial charge in [0.05, 0.1) is 12.9 Å². The van der Waals surface area contributed by atoms with Crippen molar-refractivity contribution in [3.63, 3.8) is 0 Å². The summed E-state index contributed by atoms with van der Waals surface area (Å²) in [4.78, 5) is 11.8. The highest BCUT2D eigenvalue weighted by Gasteiger charge is 2.51. The first-order valence-electron chi connectivity index (χ1n) is 10.4. The van der Waals surface area contributed by atoms with E-state index in [1.54, 1.807) is 12.1 Å². The number of hydrogen-bond acceptors (Lipinski definition) is 7. The Morgan fingerprint density at radius 2 is 1.90 bits per heavy atom. The molecular formula is C23H29NO7. The van der Waals surface area contributed by atoms with Crippen molar-refractivity contribution in [2.45, 2.75) is 70.0 Å². The smallest absolute Gasteiger partial charge is 0.223 e. The lowest BCUT2D eigenvalue weighted by Gasteiger charge is -2.47. The average molecular weight is 431 g/mol. The largest absolute Gasteiger partial charge is 0.464 e. The highest BCUT2D eigenvalue weighted by atomic mass is 16.8. The van der Waals surface area contributed by atoms with Gasteiger partial charge in [0.1, 0.15) is 30.1 Å². The first-order valence-corrected chi connectivity index (χ1v) is 10.4. The van der Waals surface area contributed by atoms with Gasteiger partial charge in [-0.1, -0.05) is 32.9 Å². The zero-order valence-electron chi connectivity index (χ0n) is 18.1. The minimum atomic E-state index is -1.07. The Labute approximate surface area is 181 Å². The van der Waals surface area contributed by atoms with Crippen molar-refractivity contribution in [1.82, 2.24) is 5.32 Å². The molecule has 8 heteroatoms. The Balaban J connectivity index is 1.51. The quantitative estimate of drug-likeness (QED) is 0.768. The van der Waals surface area contributed by atoms with E-state index in [-0.39, 0.29) is 17.9 Å². The molecule has 2 N–H and O–H groups in total. The average Bonchev–Trinajstić information content (AvgIpc) is 3.25. The topological polar surface area (TPSA) is 99.4 Å². The first-order chi connectivity index (χ1) is 14.7. The van der Waals surface area contributed by atoms with Gasteiger partial charge in [0.15, 0.2) is 5.76 Å². The van der Waals surface area contributed by atoms with Crippen molar-refractivity contribution >= 4 is 5.91 Å². The Hall–Kier alpha value is -2.39. The minimum Gasteiger partial charge on any atom is -0.464 e. The number of furan rings is 1. The van der Waals surface area contributed by atoms with Crippen LogP contribution >= 0.6 is 0 Å². The molecule has 0 radical (unpaired) electrons. The van der Waals surface area contributed by atoms with Crippen LogP contribution < -0.4 is 10.1 Å². The molecule has 2 saturated heterocycles. The molecule has 2 aliphatic rings. The number of rotatable bonds is 4. The molecule has 3 heterocycles. The molecule has 1 aromatic carbocycles. The molecule has 6 atom stereocenters. The maximum atomic E-state index is 11.8. The van der Waals surface area contributed by atoms with Crippen LogP contribution in [0.4, 0.5) is 0 Å². The van der Waals surface area contributed by atoms with Crippen molar-refractivity contribution in [3.05, 3.63) is 54.0 Å². The van der Waals surface area contributed by atoms with E-state index >= 15 is 0 Å². The summed E-state index contributed by atoms with van der Waals surface area (Å²) in [6, 6.07) is 10.3. The van der Waals surface area contributed by atoms with E-state index in [4.69, 9.17) is 23.4 Å². The molecule has 2 fully saturated rings. The molecule has 2 aromatic rings. The normalized spacial score (nSPS) is 31.0. The number of aliphatic hydroxyl groups excluding tert-OH is 1. The Bertz CT molecular complexity index is 874. The van der Waals surface area contributed by atoms with Crippen molar-refractivity contribution < 1.29 is 33.3 Å². The van der Waals surface area contributed by atoms with E-state index in [2.05, 4.69) is 26.1 Å². The van der Waals surface area contributed by atoms with E-state index in [0.717, 1.165) is 0 Å². The third kappa shape index (κ3) is 4.77. The van der Waals surface area contributed by atoms with E-state index in [0.29, 0.717) is 11.5 Å². The van der Waals surface area contributed by atoms with Crippen LogP contribution in [0.25, 0.3) is 0 Å². The summed E-state index contributed by atoms with van der Waals surface area (Å²) in [6.45, 7) is 7.97. The molecule has 8 nitrogen and oxygen atoms in total. The third-order valence-corrected chi connectivity index (χ3v) is 5.48. The van der Waals surface area contributed by atoms with Gasteiger partial charge < -0.3 is 33.8 Å². The van der Waals surface area contributed by atoms with Crippen LogP contribution in [0.3, 0.4) is 0 Å². The minimum absolute atomic E-state index is 0.0172. The number of fused-ring (bicyclic) bond motifs is 1. The molecule has 0 unspecified atom stereocenters. The van der Waals surface area contributed by atoms with Crippen molar-refractivity contribution in [2.75, 3.05) is 6.61 Å². The first kappa shape index (κ1) is 21.8. The van der Waals surface area contributed by atoms with Crippen LogP contribution in [0.1, 0.15) is 45.3 Å². The molecule has 0 aliphatic carbocycles. The van der Waals surface area contributed by atoms with Gasteiger partial charge in [0.2, 0.25) is 18.5 Å². The molecule has 2 aliphatic heterocycles. The highest BCUT2D eigenvalue weighted by Crippen LogP contribution is 2.35. The summed E-state index contributed by atoms with van der Waals surface area (Å²) in [6.07, 6.45) is -2.49. The molecular weight excluding hydrogens is 402 g/mol.